The Bertz CT molecular complexity index is 316. The molecule has 1 heterocycles. The highest BCUT2D eigenvalue weighted by atomic mass is 16.1. The Hall–Kier alpha value is -1.12. The van der Waals surface area contributed by atoms with Crippen LogP contribution in [0.4, 0.5) is 0 Å². The quantitative estimate of drug-likeness (QED) is 0.658. The summed E-state index contributed by atoms with van der Waals surface area (Å²) in [6.45, 7) is 2.03. The molecule has 2 rings (SSSR count). The van der Waals surface area contributed by atoms with Crippen molar-refractivity contribution in [3.63, 3.8) is 0 Å². The Morgan fingerprint density at radius 3 is 3.08 bits per heavy atom. The highest BCUT2D eigenvalue weighted by Gasteiger charge is 2.21. The van der Waals surface area contributed by atoms with Gasteiger partial charge < -0.3 is 0 Å². The average molecular weight is 178 g/mol. The molecule has 13 heavy (non-hydrogen) atoms. The van der Waals surface area contributed by atoms with E-state index in [1.165, 1.54) is 0 Å². The third-order valence-corrected chi connectivity index (χ3v) is 2.67. The van der Waals surface area contributed by atoms with E-state index in [4.69, 9.17) is 0 Å². The molecule has 0 aliphatic heterocycles. The van der Waals surface area contributed by atoms with E-state index in [0.717, 1.165) is 25.0 Å². The lowest BCUT2D eigenvalue weighted by Gasteiger charge is -2.22. The molecule has 0 bridgehead atoms. The molecule has 1 saturated carbocycles. The van der Waals surface area contributed by atoms with Gasteiger partial charge in [0.05, 0.1) is 6.04 Å². The number of aromatic nitrogens is 2. The summed E-state index contributed by atoms with van der Waals surface area (Å²) in [7, 11) is 0. The van der Waals surface area contributed by atoms with Gasteiger partial charge in [-0.2, -0.15) is 5.10 Å². The molecular formula is C10H14N2O. The van der Waals surface area contributed by atoms with Crippen LogP contribution in [0.5, 0.6) is 0 Å². The summed E-state index contributed by atoms with van der Waals surface area (Å²) >= 11 is 0. The topological polar surface area (TPSA) is 34.9 Å². The minimum atomic E-state index is 0.316. The first kappa shape index (κ1) is 8.48. The summed E-state index contributed by atoms with van der Waals surface area (Å²) in [4.78, 5) is 11.2. The van der Waals surface area contributed by atoms with E-state index in [-0.39, 0.29) is 0 Å². The maximum absolute atomic E-state index is 11.2. The fourth-order valence-electron chi connectivity index (χ4n) is 1.97. The van der Waals surface area contributed by atoms with Crippen molar-refractivity contribution in [2.75, 3.05) is 0 Å². The van der Waals surface area contributed by atoms with E-state index in [1.54, 1.807) is 6.20 Å². The van der Waals surface area contributed by atoms with Gasteiger partial charge in [0.1, 0.15) is 5.78 Å². The monoisotopic (exact) mass is 178 g/mol. The summed E-state index contributed by atoms with van der Waals surface area (Å²) in [5.74, 6) is 0.381. The van der Waals surface area contributed by atoms with Gasteiger partial charge in [-0.05, 0) is 25.8 Å². The fraction of sp³-hybridized carbons (Fsp3) is 0.600. The fourth-order valence-corrected chi connectivity index (χ4v) is 1.97. The summed E-state index contributed by atoms with van der Waals surface area (Å²) < 4.78 is 1.98. The second kappa shape index (κ2) is 3.32. The molecule has 1 aromatic rings. The maximum atomic E-state index is 11.2. The number of carbonyl (C=O) groups excluding carboxylic acids is 1. The summed E-state index contributed by atoms with van der Waals surface area (Å²) in [6.07, 6.45) is 5.34. The largest absolute Gasteiger partial charge is 0.300 e. The van der Waals surface area contributed by atoms with Gasteiger partial charge >= 0.3 is 0 Å². The smallest absolute Gasteiger partial charge is 0.135 e. The number of hydrogen-bond donors (Lipinski definition) is 0. The number of ketones is 1. The summed E-state index contributed by atoms with van der Waals surface area (Å²) in [6, 6.07) is 2.30. The number of nitrogens with zero attached hydrogens (tertiary/aromatic N) is 2. The van der Waals surface area contributed by atoms with Gasteiger partial charge in [-0.1, -0.05) is 0 Å². The molecule has 0 radical (unpaired) electrons. The molecule has 0 amide bonds. The number of Topliss-reactive ketones (excluding diaryl/α,β-unsaturated/α-hetero) is 1. The number of carbonyl (C=O) groups is 1. The molecule has 1 aliphatic carbocycles. The van der Waals surface area contributed by atoms with Crippen LogP contribution in [0.1, 0.15) is 37.4 Å². The Morgan fingerprint density at radius 2 is 2.46 bits per heavy atom. The molecule has 0 saturated heterocycles. The lowest BCUT2D eigenvalue weighted by atomic mass is 9.94. The van der Waals surface area contributed by atoms with Crippen molar-refractivity contribution in [3.05, 3.63) is 18.0 Å². The highest BCUT2D eigenvalue weighted by molar-refractivity contribution is 5.79. The van der Waals surface area contributed by atoms with E-state index >= 15 is 0 Å². The molecule has 0 spiro atoms. The number of rotatable bonds is 1. The summed E-state index contributed by atoms with van der Waals surface area (Å²) in [5.41, 5.74) is 1.15. The molecule has 1 unspecified atom stereocenters. The van der Waals surface area contributed by atoms with Crippen molar-refractivity contribution in [2.45, 2.75) is 38.6 Å². The van der Waals surface area contributed by atoms with Gasteiger partial charge in [0.15, 0.2) is 0 Å². The molecule has 1 aliphatic rings. The lowest BCUT2D eigenvalue weighted by molar-refractivity contribution is -0.121. The molecule has 3 heteroatoms. The van der Waals surface area contributed by atoms with Crippen LogP contribution in [0.2, 0.25) is 0 Å². The lowest BCUT2D eigenvalue weighted by Crippen LogP contribution is -2.20. The first-order chi connectivity index (χ1) is 6.27. The van der Waals surface area contributed by atoms with E-state index in [0.29, 0.717) is 18.2 Å². The first-order valence-corrected chi connectivity index (χ1v) is 4.79. The Kier molecular flexibility index (Phi) is 2.17. The SMILES string of the molecule is Cc1ccnn1C1CCCC(=O)C1. The standard InChI is InChI=1S/C10H14N2O/c1-8-5-6-11-12(8)9-3-2-4-10(13)7-9/h5-6,9H,2-4,7H2,1H3. The number of hydrogen-bond acceptors (Lipinski definition) is 2. The van der Waals surface area contributed by atoms with Gasteiger partial charge in [-0.25, -0.2) is 0 Å². The normalized spacial score (nSPS) is 23.5. The van der Waals surface area contributed by atoms with Crippen LogP contribution in [0.3, 0.4) is 0 Å². The van der Waals surface area contributed by atoms with Crippen LogP contribution in [-0.4, -0.2) is 15.6 Å². The van der Waals surface area contributed by atoms with E-state index in [1.807, 2.05) is 17.7 Å². The molecular weight excluding hydrogens is 164 g/mol. The molecule has 3 nitrogen and oxygen atoms in total. The van der Waals surface area contributed by atoms with E-state index in [2.05, 4.69) is 5.10 Å². The molecule has 1 atom stereocenters. The van der Waals surface area contributed by atoms with Crippen LogP contribution >= 0.6 is 0 Å². The number of aryl methyl sites for hydroxylation is 1. The first-order valence-electron chi connectivity index (χ1n) is 4.79. The van der Waals surface area contributed by atoms with Crippen LogP contribution in [0.15, 0.2) is 12.3 Å². The molecule has 1 fully saturated rings. The van der Waals surface area contributed by atoms with Crippen molar-refractivity contribution in [2.24, 2.45) is 0 Å². The highest BCUT2D eigenvalue weighted by Crippen LogP contribution is 2.26. The zero-order valence-electron chi connectivity index (χ0n) is 7.86. The van der Waals surface area contributed by atoms with Crippen molar-refractivity contribution in [1.82, 2.24) is 9.78 Å². The molecule has 0 N–H and O–H groups in total. The third-order valence-electron chi connectivity index (χ3n) is 2.67. The zero-order valence-corrected chi connectivity index (χ0v) is 7.86. The molecule has 70 valence electrons. The second-order valence-corrected chi connectivity index (χ2v) is 3.71. The minimum absolute atomic E-state index is 0.316. The van der Waals surface area contributed by atoms with Gasteiger partial charge in [0, 0.05) is 24.7 Å². The van der Waals surface area contributed by atoms with Gasteiger partial charge in [-0.15, -0.1) is 0 Å². The minimum Gasteiger partial charge on any atom is -0.300 e. The van der Waals surface area contributed by atoms with E-state index in [9.17, 15) is 4.79 Å². The Labute approximate surface area is 77.7 Å². The summed E-state index contributed by atoms with van der Waals surface area (Å²) in [5, 5.41) is 4.24. The van der Waals surface area contributed by atoms with E-state index < -0.39 is 0 Å². The van der Waals surface area contributed by atoms with Crippen molar-refractivity contribution in [3.8, 4) is 0 Å². The second-order valence-electron chi connectivity index (χ2n) is 3.71. The van der Waals surface area contributed by atoms with Crippen LogP contribution < -0.4 is 0 Å². The Balaban J connectivity index is 2.17. The third kappa shape index (κ3) is 1.64. The van der Waals surface area contributed by atoms with Crippen molar-refractivity contribution in [1.29, 1.82) is 0 Å². The van der Waals surface area contributed by atoms with Gasteiger partial charge in [0.25, 0.3) is 0 Å². The van der Waals surface area contributed by atoms with Gasteiger partial charge in [0.2, 0.25) is 0 Å². The van der Waals surface area contributed by atoms with Crippen LogP contribution in [0, 0.1) is 6.92 Å². The van der Waals surface area contributed by atoms with Crippen molar-refractivity contribution < 1.29 is 4.79 Å². The maximum Gasteiger partial charge on any atom is 0.135 e. The van der Waals surface area contributed by atoms with Crippen molar-refractivity contribution >= 4 is 5.78 Å². The van der Waals surface area contributed by atoms with Crippen LogP contribution in [-0.2, 0) is 4.79 Å². The Morgan fingerprint density at radius 1 is 1.62 bits per heavy atom. The molecule has 0 aromatic carbocycles. The molecule has 1 aromatic heterocycles. The predicted octanol–water partition coefficient (Wildman–Crippen LogP) is 1.88. The van der Waals surface area contributed by atoms with Gasteiger partial charge in [-0.3, -0.25) is 9.48 Å². The average Bonchev–Trinajstić information content (AvgIpc) is 2.51. The predicted molar refractivity (Wildman–Crippen MR) is 49.5 cm³/mol. The van der Waals surface area contributed by atoms with Crippen LogP contribution in [0.25, 0.3) is 0 Å². The zero-order chi connectivity index (χ0) is 9.26.